The molecule has 0 aromatic heterocycles. The molecule has 2 aliphatic heterocycles. The van der Waals surface area contributed by atoms with E-state index in [0.717, 1.165) is 5.56 Å². The van der Waals surface area contributed by atoms with Crippen molar-refractivity contribution in [3.05, 3.63) is 58.7 Å². The maximum Gasteiger partial charge on any atom is 0.346 e. The van der Waals surface area contributed by atoms with Crippen molar-refractivity contribution < 1.29 is 23.9 Å². The van der Waals surface area contributed by atoms with E-state index < -0.39 is 11.9 Å². The van der Waals surface area contributed by atoms with Crippen LogP contribution in [-0.2, 0) is 16.1 Å². The van der Waals surface area contributed by atoms with E-state index in [0.29, 0.717) is 16.7 Å². The smallest absolute Gasteiger partial charge is 0.346 e. The van der Waals surface area contributed by atoms with Crippen LogP contribution >= 0.6 is 0 Å². The molecule has 0 spiro atoms. The minimum Gasteiger partial charge on any atom is -0.457 e. The number of hydrogen-bond acceptors (Lipinski definition) is 5. The van der Waals surface area contributed by atoms with Gasteiger partial charge in [-0.15, -0.1) is 0 Å². The molecule has 0 unspecified atom stereocenters. The molecular weight excluding hydrogens is 272 g/mol. The molecule has 2 aromatic rings. The van der Waals surface area contributed by atoms with Gasteiger partial charge in [0.1, 0.15) is 6.61 Å². The summed E-state index contributed by atoms with van der Waals surface area (Å²) in [5.74, 6) is -1.67. The second kappa shape index (κ2) is 4.02. The molecule has 0 saturated heterocycles. The fourth-order valence-electron chi connectivity index (χ4n) is 2.67. The van der Waals surface area contributed by atoms with Crippen LogP contribution in [-0.4, -0.2) is 17.9 Å². The van der Waals surface area contributed by atoms with E-state index in [4.69, 9.17) is 4.74 Å². The molecule has 4 rings (SSSR count). The van der Waals surface area contributed by atoms with Gasteiger partial charge in [-0.25, -0.2) is 14.4 Å². The fourth-order valence-corrected chi connectivity index (χ4v) is 2.67. The van der Waals surface area contributed by atoms with E-state index in [1.54, 1.807) is 18.2 Å². The number of cyclic esters (lactones) is 3. The van der Waals surface area contributed by atoms with E-state index >= 15 is 0 Å². The Kier molecular flexibility index (Phi) is 2.27. The molecule has 102 valence electrons. The van der Waals surface area contributed by atoms with Crippen molar-refractivity contribution in [1.29, 1.82) is 0 Å². The number of fused-ring (bicyclic) bond motifs is 2. The van der Waals surface area contributed by atoms with Crippen molar-refractivity contribution in [2.75, 3.05) is 0 Å². The molecule has 2 aromatic carbocycles. The molecule has 2 aliphatic rings. The third-order valence-corrected chi connectivity index (χ3v) is 3.67. The summed E-state index contributed by atoms with van der Waals surface area (Å²) in [6.07, 6.45) is 0. The number of hydrogen-bond donors (Lipinski definition) is 0. The summed E-state index contributed by atoms with van der Waals surface area (Å²) in [5.41, 5.74) is 3.16. The first-order chi connectivity index (χ1) is 10.1. The Morgan fingerprint density at radius 1 is 0.810 bits per heavy atom. The van der Waals surface area contributed by atoms with Gasteiger partial charge in [0.05, 0.1) is 16.7 Å². The predicted molar refractivity (Wildman–Crippen MR) is 70.7 cm³/mol. The van der Waals surface area contributed by atoms with Crippen molar-refractivity contribution in [1.82, 2.24) is 0 Å². The average Bonchev–Trinajstić information content (AvgIpc) is 3.00. The summed E-state index contributed by atoms with van der Waals surface area (Å²) < 4.78 is 9.60. The van der Waals surface area contributed by atoms with Gasteiger partial charge in [0.2, 0.25) is 0 Å². The zero-order chi connectivity index (χ0) is 14.6. The first kappa shape index (κ1) is 11.8. The normalized spacial score (nSPS) is 15.5. The number of carbonyl (C=O) groups excluding carboxylic acids is 3. The zero-order valence-electron chi connectivity index (χ0n) is 10.7. The Balaban J connectivity index is 1.92. The number of carbonyl (C=O) groups is 3. The molecule has 2 heterocycles. The van der Waals surface area contributed by atoms with Crippen molar-refractivity contribution in [3.63, 3.8) is 0 Å². The number of benzene rings is 2. The second-order valence-corrected chi connectivity index (χ2v) is 4.85. The average molecular weight is 280 g/mol. The van der Waals surface area contributed by atoms with Crippen LogP contribution in [0.1, 0.15) is 36.6 Å². The summed E-state index contributed by atoms with van der Waals surface area (Å²) in [4.78, 5) is 34.9. The monoisotopic (exact) mass is 280 g/mol. The van der Waals surface area contributed by atoms with Crippen molar-refractivity contribution >= 4 is 17.9 Å². The van der Waals surface area contributed by atoms with Crippen LogP contribution in [0.2, 0.25) is 0 Å². The maximum atomic E-state index is 11.8. The fraction of sp³-hybridized carbons (Fsp3) is 0.0625. The first-order valence-corrected chi connectivity index (χ1v) is 6.35. The van der Waals surface area contributed by atoms with Crippen LogP contribution in [0.4, 0.5) is 0 Å². The van der Waals surface area contributed by atoms with Gasteiger partial charge in [0, 0.05) is 5.56 Å². The highest BCUT2D eigenvalue weighted by Crippen LogP contribution is 2.33. The zero-order valence-corrected chi connectivity index (χ0v) is 10.7. The lowest BCUT2D eigenvalue weighted by Crippen LogP contribution is -1.99. The largest absolute Gasteiger partial charge is 0.457 e. The van der Waals surface area contributed by atoms with Gasteiger partial charge in [-0.2, -0.15) is 0 Å². The van der Waals surface area contributed by atoms with Gasteiger partial charge in [-0.3, -0.25) is 0 Å². The Bertz CT molecular complexity index is 835. The van der Waals surface area contributed by atoms with E-state index in [1.165, 1.54) is 6.07 Å². The summed E-state index contributed by atoms with van der Waals surface area (Å²) >= 11 is 0. The number of esters is 3. The molecule has 0 aliphatic carbocycles. The Hall–Kier alpha value is -2.95. The molecule has 5 heteroatoms. The highest BCUT2D eigenvalue weighted by molar-refractivity contribution is 6.15. The maximum absolute atomic E-state index is 11.8. The van der Waals surface area contributed by atoms with E-state index in [9.17, 15) is 14.4 Å². The molecule has 21 heavy (non-hydrogen) atoms. The van der Waals surface area contributed by atoms with Crippen LogP contribution < -0.4 is 0 Å². The van der Waals surface area contributed by atoms with E-state index in [-0.39, 0.29) is 23.7 Å². The molecular formula is C16H8O5. The van der Waals surface area contributed by atoms with Crippen LogP contribution in [0.3, 0.4) is 0 Å². The summed E-state index contributed by atoms with van der Waals surface area (Å²) in [6.45, 7) is 0.257. The van der Waals surface area contributed by atoms with Crippen molar-refractivity contribution in [3.8, 4) is 11.1 Å². The molecule has 0 saturated carbocycles. The summed E-state index contributed by atoms with van der Waals surface area (Å²) in [6, 6.07) is 10.2. The van der Waals surface area contributed by atoms with Crippen molar-refractivity contribution in [2.45, 2.75) is 6.61 Å². The third kappa shape index (κ3) is 1.61. The molecule has 0 atom stereocenters. The number of rotatable bonds is 1. The van der Waals surface area contributed by atoms with Gasteiger partial charge < -0.3 is 9.47 Å². The third-order valence-electron chi connectivity index (χ3n) is 3.67. The SMILES string of the molecule is O=C1OC(=O)c2cc(-c3cccc4c3C(=O)OC4)ccc21. The van der Waals surface area contributed by atoms with Gasteiger partial charge in [0.25, 0.3) is 0 Å². The lowest BCUT2D eigenvalue weighted by Gasteiger charge is -2.06. The Morgan fingerprint density at radius 3 is 2.48 bits per heavy atom. The standard InChI is InChI=1S/C16H8O5/c17-14-11-5-4-8(6-12(11)15(18)21-14)10-3-1-2-9-7-20-16(19)13(9)10/h1-6H,7H2. The lowest BCUT2D eigenvalue weighted by atomic mass is 9.94. The predicted octanol–water partition coefficient (Wildman–Crippen LogP) is 2.33. The highest BCUT2D eigenvalue weighted by atomic mass is 16.6. The van der Waals surface area contributed by atoms with Gasteiger partial charge in [-0.1, -0.05) is 24.3 Å². The summed E-state index contributed by atoms with van der Waals surface area (Å²) in [5, 5.41) is 0. The number of ether oxygens (including phenoxy) is 2. The topological polar surface area (TPSA) is 69.7 Å². The van der Waals surface area contributed by atoms with Crippen molar-refractivity contribution in [2.24, 2.45) is 0 Å². The van der Waals surface area contributed by atoms with Gasteiger partial charge in [0.15, 0.2) is 0 Å². The van der Waals surface area contributed by atoms with Gasteiger partial charge >= 0.3 is 17.9 Å². The van der Waals surface area contributed by atoms with E-state index in [1.807, 2.05) is 12.1 Å². The Morgan fingerprint density at radius 2 is 1.62 bits per heavy atom. The van der Waals surface area contributed by atoms with Crippen LogP contribution in [0.15, 0.2) is 36.4 Å². The molecule has 0 N–H and O–H groups in total. The molecule has 0 amide bonds. The van der Waals surface area contributed by atoms with Crippen LogP contribution in [0.25, 0.3) is 11.1 Å². The minimum absolute atomic E-state index is 0.224. The first-order valence-electron chi connectivity index (χ1n) is 6.35. The lowest BCUT2D eigenvalue weighted by molar-refractivity contribution is 0.0442. The Labute approximate surface area is 119 Å². The molecule has 5 nitrogen and oxygen atoms in total. The second-order valence-electron chi connectivity index (χ2n) is 4.85. The molecule has 0 fully saturated rings. The quantitative estimate of drug-likeness (QED) is 0.592. The van der Waals surface area contributed by atoms with Gasteiger partial charge in [-0.05, 0) is 23.3 Å². The van der Waals surface area contributed by atoms with E-state index in [2.05, 4.69) is 4.74 Å². The highest BCUT2D eigenvalue weighted by Gasteiger charge is 2.31. The molecule has 0 radical (unpaired) electrons. The summed E-state index contributed by atoms with van der Waals surface area (Å²) in [7, 11) is 0. The minimum atomic E-state index is -0.660. The van der Waals surface area contributed by atoms with Crippen LogP contribution in [0, 0.1) is 0 Å². The molecule has 0 bridgehead atoms. The van der Waals surface area contributed by atoms with Crippen LogP contribution in [0.5, 0.6) is 0 Å².